The molecular formula is C11H16O6S. The van der Waals surface area contributed by atoms with Gasteiger partial charge in [-0.25, -0.2) is 8.42 Å². The highest BCUT2D eigenvalue weighted by Crippen LogP contribution is 2.33. The first-order valence-electron chi connectivity index (χ1n) is 5.86. The van der Waals surface area contributed by atoms with Gasteiger partial charge in [0.15, 0.2) is 5.92 Å². The highest BCUT2D eigenvalue weighted by Gasteiger charge is 2.48. The maximum absolute atomic E-state index is 11.8. The van der Waals surface area contributed by atoms with E-state index in [1.54, 1.807) is 0 Å². The average molecular weight is 276 g/mol. The lowest BCUT2D eigenvalue weighted by molar-refractivity contribution is -0.242. The molecule has 0 atom stereocenters. The van der Waals surface area contributed by atoms with Gasteiger partial charge in [-0.15, -0.1) is 0 Å². The molecule has 0 radical (unpaired) electrons. The molecule has 2 fully saturated rings. The molecule has 0 saturated carbocycles. The monoisotopic (exact) mass is 276 g/mol. The minimum Gasteiger partial charge on any atom is -0.422 e. The zero-order chi connectivity index (χ0) is 13.6. The van der Waals surface area contributed by atoms with Crippen molar-refractivity contribution in [2.24, 2.45) is 11.8 Å². The third-order valence-electron chi connectivity index (χ3n) is 3.27. The van der Waals surface area contributed by atoms with E-state index in [1.807, 2.05) is 0 Å². The lowest BCUT2D eigenvalue weighted by Crippen LogP contribution is -2.49. The van der Waals surface area contributed by atoms with E-state index in [-0.39, 0.29) is 17.4 Å². The highest BCUT2D eigenvalue weighted by atomic mass is 32.2. The van der Waals surface area contributed by atoms with E-state index >= 15 is 0 Å². The number of sulfone groups is 1. The topological polar surface area (TPSA) is 86.7 Å². The predicted molar refractivity (Wildman–Crippen MR) is 61.1 cm³/mol. The van der Waals surface area contributed by atoms with Crippen LogP contribution in [0.15, 0.2) is 0 Å². The normalized spacial score (nSPS) is 28.6. The molecule has 0 spiro atoms. The van der Waals surface area contributed by atoms with Gasteiger partial charge in [0.1, 0.15) is 9.84 Å². The van der Waals surface area contributed by atoms with Crippen molar-refractivity contribution >= 4 is 21.8 Å². The zero-order valence-electron chi connectivity index (χ0n) is 10.3. The summed E-state index contributed by atoms with van der Waals surface area (Å²) in [7, 11) is -3.02. The van der Waals surface area contributed by atoms with E-state index in [0.717, 1.165) is 0 Å². The van der Waals surface area contributed by atoms with Gasteiger partial charge in [0.25, 0.3) is 5.79 Å². The smallest absolute Gasteiger partial charge is 0.323 e. The van der Waals surface area contributed by atoms with Crippen molar-refractivity contribution in [1.82, 2.24) is 0 Å². The lowest BCUT2D eigenvalue weighted by Gasteiger charge is -2.36. The largest absolute Gasteiger partial charge is 0.422 e. The second-order valence-electron chi connectivity index (χ2n) is 5.21. The molecule has 0 N–H and O–H groups in total. The van der Waals surface area contributed by atoms with Crippen molar-refractivity contribution in [1.29, 1.82) is 0 Å². The second-order valence-corrected chi connectivity index (χ2v) is 7.51. The summed E-state index contributed by atoms with van der Waals surface area (Å²) < 4.78 is 32.7. The summed E-state index contributed by atoms with van der Waals surface area (Å²) in [4.78, 5) is 23.6. The Bertz CT molecular complexity index is 444. The van der Waals surface area contributed by atoms with Crippen molar-refractivity contribution < 1.29 is 27.5 Å². The Morgan fingerprint density at radius 3 is 1.94 bits per heavy atom. The van der Waals surface area contributed by atoms with Crippen molar-refractivity contribution in [3.63, 3.8) is 0 Å². The Morgan fingerprint density at radius 2 is 1.50 bits per heavy atom. The fourth-order valence-electron chi connectivity index (χ4n) is 2.36. The molecule has 2 aliphatic heterocycles. The third kappa shape index (κ3) is 2.66. The third-order valence-corrected chi connectivity index (χ3v) is 4.99. The highest BCUT2D eigenvalue weighted by molar-refractivity contribution is 7.91. The van der Waals surface area contributed by atoms with Gasteiger partial charge in [-0.3, -0.25) is 9.59 Å². The molecule has 0 aromatic carbocycles. The van der Waals surface area contributed by atoms with Crippen LogP contribution in [0.1, 0.15) is 26.7 Å². The molecule has 0 bridgehead atoms. The minimum absolute atomic E-state index is 0.0120. The summed E-state index contributed by atoms with van der Waals surface area (Å²) in [6.45, 7) is 2.98. The number of hydrogen-bond donors (Lipinski definition) is 0. The van der Waals surface area contributed by atoms with E-state index in [4.69, 9.17) is 9.47 Å². The SMILES string of the molecule is CC1(C)OC(=O)C(C2CCS(=O)(=O)CC2)C(=O)O1. The van der Waals surface area contributed by atoms with Crippen LogP contribution in [0.4, 0.5) is 0 Å². The molecule has 0 aliphatic carbocycles. The van der Waals surface area contributed by atoms with Crippen molar-refractivity contribution in [3.8, 4) is 0 Å². The van der Waals surface area contributed by atoms with Gasteiger partial charge in [-0.1, -0.05) is 0 Å². The molecule has 0 unspecified atom stereocenters. The van der Waals surface area contributed by atoms with E-state index in [0.29, 0.717) is 12.8 Å². The van der Waals surface area contributed by atoms with Crippen molar-refractivity contribution in [2.45, 2.75) is 32.5 Å². The maximum Gasteiger partial charge on any atom is 0.323 e. The molecule has 6 nitrogen and oxygen atoms in total. The lowest BCUT2D eigenvalue weighted by atomic mass is 9.87. The average Bonchev–Trinajstić information content (AvgIpc) is 2.17. The molecule has 18 heavy (non-hydrogen) atoms. The van der Waals surface area contributed by atoms with Crippen LogP contribution in [-0.2, 0) is 28.9 Å². The fraction of sp³-hybridized carbons (Fsp3) is 0.818. The second kappa shape index (κ2) is 4.22. The minimum atomic E-state index is -3.02. The molecule has 0 amide bonds. The summed E-state index contributed by atoms with van der Waals surface area (Å²) in [5.41, 5.74) is 0. The summed E-state index contributed by atoms with van der Waals surface area (Å²) >= 11 is 0. The fourth-order valence-corrected chi connectivity index (χ4v) is 3.88. The van der Waals surface area contributed by atoms with E-state index in [1.165, 1.54) is 13.8 Å². The van der Waals surface area contributed by atoms with Gasteiger partial charge in [-0.05, 0) is 18.8 Å². The molecule has 0 aromatic rings. The van der Waals surface area contributed by atoms with Crippen molar-refractivity contribution in [2.75, 3.05) is 11.5 Å². The van der Waals surface area contributed by atoms with Gasteiger partial charge >= 0.3 is 11.9 Å². The van der Waals surface area contributed by atoms with Crippen LogP contribution in [0.3, 0.4) is 0 Å². The zero-order valence-corrected chi connectivity index (χ0v) is 11.2. The molecule has 2 aliphatic rings. The van der Waals surface area contributed by atoms with Crippen LogP contribution >= 0.6 is 0 Å². The van der Waals surface area contributed by atoms with Crippen LogP contribution < -0.4 is 0 Å². The number of rotatable bonds is 1. The Morgan fingerprint density at radius 1 is 1.06 bits per heavy atom. The molecule has 2 rings (SSSR count). The Balaban J connectivity index is 2.10. The van der Waals surface area contributed by atoms with Gasteiger partial charge in [0.2, 0.25) is 0 Å². The van der Waals surface area contributed by atoms with Gasteiger partial charge in [0, 0.05) is 13.8 Å². The summed E-state index contributed by atoms with van der Waals surface area (Å²) in [5.74, 6) is -3.71. The number of ether oxygens (including phenoxy) is 2. The Hall–Kier alpha value is -1.11. The van der Waals surface area contributed by atoms with Gasteiger partial charge < -0.3 is 9.47 Å². The van der Waals surface area contributed by atoms with Crippen LogP contribution in [-0.4, -0.2) is 37.6 Å². The number of esters is 2. The van der Waals surface area contributed by atoms with Crippen molar-refractivity contribution in [3.05, 3.63) is 0 Å². The standard InChI is InChI=1S/C11H16O6S/c1-11(2)16-9(12)8(10(13)17-11)7-3-5-18(14,15)6-4-7/h7-8H,3-6H2,1-2H3. The summed E-state index contributed by atoms with van der Waals surface area (Å²) in [6.07, 6.45) is 0.606. The van der Waals surface area contributed by atoms with Crippen LogP contribution in [0.25, 0.3) is 0 Å². The molecular weight excluding hydrogens is 260 g/mol. The molecule has 2 heterocycles. The quantitative estimate of drug-likeness (QED) is 0.504. The number of carbonyl (C=O) groups is 2. The summed E-state index contributed by atoms with van der Waals surface area (Å²) in [6, 6.07) is 0. The molecule has 2 saturated heterocycles. The molecule has 102 valence electrons. The number of cyclic esters (lactones) is 2. The van der Waals surface area contributed by atoms with Crippen LogP contribution in [0, 0.1) is 11.8 Å². The van der Waals surface area contributed by atoms with E-state index in [9.17, 15) is 18.0 Å². The van der Waals surface area contributed by atoms with Crippen LogP contribution in [0.5, 0.6) is 0 Å². The van der Waals surface area contributed by atoms with Crippen LogP contribution in [0.2, 0.25) is 0 Å². The maximum atomic E-state index is 11.8. The first-order valence-corrected chi connectivity index (χ1v) is 7.68. The number of carbonyl (C=O) groups excluding carboxylic acids is 2. The molecule has 7 heteroatoms. The first-order chi connectivity index (χ1) is 8.20. The van der Waals surface area contributed by atoms with E-state index in [2.05, 4.69) is 0 Å². The summed E-state index contributed by atoms with van der Waals surface area (Å²) in [5, 5.41) is 0. The predicted octanol–water partition coefficient (Wildman–Crippen LogP) is 0.263. The number of hydrogen-bond acceptors (Lipinski definition) is 6. The Kier molecular flexibility index (Phi) is 3.12. The van der Waals surface area contributed by atoms with E-state index < -0.39 is 33.5 Å². The molecule has 0 aromatic heterocycles. The van der Waals surface area contributed by atoms with Gasteiger partial charge in [-0.2, -0.15) is 0 Å². The van der Waals surface area contributed by atoms with Gasteiger partial charge in [0.05, 0.1) is 11.5 Å². The first kappa shape index (κ1) is 13.3. The Labute approximate surface area is 106 Å².